The zero-order chi connectivity index (χ0) is 15.2. The zero-order valence-corrected chi connectivity index (χ0v) is 15.2. The van der Waals surface area contributed by atoms with Crippen molar-refractivity contribution < 1.29 is 0 Å². The molecule has 6 unspecified atom stereocenters. The van der Waals surface area contributed by atoms with Gasteiger partial charge in [0.05, 0.1) is 0 Å². The van der Waals surface area contributed by atoms with Crippen molar-refractivity contribution >= 4 is 0 Å². The Morgan fingerprint density at radius 1 is 0.905 bits per heavy atom. The summed E-state index contributed by atoms with van der Waals surface area (Å²) in [7, 11) is 0. The minimum Gasteiger partial charge on any atom is -0.0654 e. The minimum absolute atomic E-state index is 0.985. The van der Waals surface area contributed by atoms with Crippen LogP contribution >= 0.6 is 0 Å². The van der Waals surface area contributed by atoms with Gasteiger partial charge in [0.25, 0.3) is 0 Å². The van der Waals surface area contributed by atoms with E-state index in [-0.39, 0.29) is 0 Å². The van der Waals surface area contributed by atoms with Crippen LogP contribution in [0.1, 0.15) is 98.3 Å². The second-order valence-corrected chi connectivity index (χ2v) is 8.48. The molecule has 124 valence electrons. The van der Waals surface area contributed by atoms with Gasteiger partial charge < -0.3 is 0 Å². The number of hydrogen-bond acceptors (Lipinski definition) is 0. The first-order valence-corrected chi connectivity index (χ1v) is 10.2. The highest BCUT2D eigenvalue weighted by Gasteiger charge is 2.38. The van der Waals surface area contributed by atoms with E-state index in [4.69, 9.17) is 0 Å². The molecular weight excluding hydrogens is 252 g/mol. The van der Waals surface area contributed by atoms with Gasteiger partial charge in [-0.2, -0.15) is 0 Å². The van der Waals surface area contributed by atoms with E-state index in [9.17, 15) is 0 Å². The average molecular weight is 293 g/mol. The van der Waals surface area contributed by atoms with Crippen LogP contribution in [0, 0.1) is 35.5 Å². The molecule has 0 radical (unpaired) electrons. The van der Waals surface area contributed by atoms with Crippen LogP contribution in [0.4, 0.5) is 0 Å². The largest absolute Gasteiger partial charge is 0.0654 e. The first kappa shape index (κ1) is 17.4. The van der Waals surface area contributed by atoms with Crippen molar-refractivity contribution in [2.24, 2.45) is 35.5 Å². The average Bonchev–Trinajstić information content (AvgIpc) is 2.51. The molecule has 0 aromatic rings. The van der Waals surface area contributed by atoms with Gasteiger partial charge in [-0.1, -0.05) is 79.1 Å². The third kappa shape index (κ3) is 4.49. The Morgan fingerprint density at radius 3 is 2.38 bits per heavy atom. The van der Waals surface area contributed by atoms with E-state index in [0.29, 0.717) is 0 Å². The van der Waals surface area contributed by atoms with Crippen molar-refractivity contribution in [3.63, 3.8) is 0 Å². The molecule has 0 bridgehead atoms. The predicted octanol–water partition coefficient (Wildman–Crippen LogP) is 7.08. The number of unbranched alkanes of at least 4 members (excludes halogenated alkanes) is 1. The van der Waals surface area contributed by atoms with Gasteiger partial charge in [0, 0.05) is 0 Å². The third-order valence-corrected chi connectivity index (χ3v) is 7.00. The summed E-state index contributed by atoms with van der Waals surface area (Å²) in [5, 5.41) is 0. The molecule has 21 heavy (non-hydrogen) atoms. The maximum absolute atomic E-state index is 2.57. The molecule has 2 aliphatic rings. The maximum Gasteiger partial charge on any atom is -0.0352 e. The summed E-state index contributed by atoms with van der Waals surface area (Å²) in [6, 6.07) is 0. The number of hydrogen-bond donors (Lipinski definition) is 0. The topological polar surface area (TPSA) is 0 Å². The second-order valence-electron chi connectivity index (χ2n) is 8.48. The fourth-order valence-electron chi connectivity index (χ4n) is 5.67. The highest BCUT2D eigenvalue weighted by atomic mass is 14.4. The first-order valence-electron chi connectivity index (χ1n) is 10.2. The van der Waals surface area contributed by atoms with Crippen LogP contribution in [0.25, 0.3) is 0 Å². The Balaban J connectivity index is 2.11. The molecule has 0 aromatic heterocycles. The third-order valence-electron chi connectivity index (χ3n) is 7.00. The summed E-state index contributed by atoms with van der Waals surface area (Å²) in [6.07, 6.45) is 16.4. The summed E-state index contributed by atoms with van der Waals surface area (Å²) in [6.45, 7) is 9.90. The summed E-state index contributed by atoms with van der Waals surface area (Å²) in [5.41, 5.74) is 0. The lowest BCUT2D eigenvalue weighted by Gasteiger charge is -2.45. The van der Waals surface area contributed by atoms with E-state index in [2.05, 4.69) is 27.7 Å². The molecule has 0 heterocycles. The molecule has 2 saturated carbocycles. The highest BCUT2D eigenvalue weighted by Crippen LogP contribution is 2.48. The fraction of sp³-hybridized carbons (Fsp3) is 1.00. The molecule has 0 nitrogen and oxygen atoms in total. The lowest BCUT2D eigenvalue weighted by Crippen LogP contribution is -2.37. The molecule has 2 fully saturated rings. The van der Waals surface area contributed by atoms with E-state index >= 15 is 0 Å². The monoisotopic (exact) mass is 292 g/mol. The quantitative estimate of drug-likeness (QED) is 0.490. The Morgan fingerprint density at radius 2 is 1.67 bits per heavy atom. The van der Waals surface area contributed by atoms with E-state index in [1.165, 1.54) is 64.2 Å². The van der Waals surface area contributed by atoms with Crippen LogP contribution in [-0.4, -0.2) is 0 Å². The zero-order valence-electron chi connectivity index (χ0n) is 15.2. The highest BCUT2D eigenvalue weighted by molar-refractivity contribution is 4.88. The summed E-state index contributed by atoms with van der Waals surface area (Å²) in [5.74, 6) is 6.17. The normalized spacial score (nSPS) is 39.1. The minimum atomic E-state index is 0.985. The van der Waals surface area contributed by atoms with E-state index < -0.39 is 0 Å². The SMILES string of the molecule is CCCCC(C1CC(C)CCC1C)C1CCCCC1CC. The van der Waals surface area contributed by atoms with Gasteiger partial charge in [-0.15, -0.1) is 0 Å². The summed E-state index contributed by atoms with van der Waals surface area (Å²) in [4.78, 5) is 0. The predicted molar refractivity (Wildman–Crippen MR) is 94.4 cm³/mol. The summed E-state index contributed by atoms with van der Waals surface area (Å²) < 4.78 is 0. The molecule has 0 saturated heterocycles. The summed E-state index contributed by atoms with van der Waals surface area (Å²) >= 11 is 0. The second kappa shape index (κ2) is 8.59. The van der Waals surface area contributed by atoms with Gasteiger partial charge in [-0.3, -0.25) is 0 Å². The van der Waals surface area contributed by atoms with Gasteiger partial charge in [0.1, 0.15) is 0 Å². The van der Waals surface area contributed by atoms with Crippen molar-refractivity contribution in [2.45, 2.75) is 98.3 Å². The molecule has 0 amide bonds. The Bertz CT molecular complexity index is 280. The standard InChI is InChI=1S/C21H40/c1-5-7-11-20(19-12-9-8-10-18(19)6-2)21-15-16(3)13-14-17(21)4/h16-21H,5-15H2,1-4H3. The van der Waals surface area contributed by atoms with Gasteiger partial charge in [0.15, 0.2) is 0 Å². The van der Waals surface area contributed by atoms with Crippen LogP contribution in [0.2, 0.25) is 0 Å². The molecule has 0 N–H and O–H groups in total. The molecule has 0 heteroatoms. The van der Waals surface area contributed by atoms with E-state index in [1.54, 1.807) is 6.42 Å². The van der Waals surface area contributed by atoms with Crippen molar-refractivity contribution in [3.05, 3.63) is 0 Å². The smallest absolute Gasteiger partial charge is 0.0352 e. The van der Waals surface area contributed by atoms with Crippen molar-refractivity contribution in [3.8, 4) is 0 Å². The molecule has 6 atom stereocenters. The van der Waals surface area contributed by atoms with Crippen LogP contribution in [0.15, 0.2) is 0 Å². The molecule has 0 aliphatic heterocycles. The van der Waals surface area contributed by atoms with Crippen molar-refractivity contribution in [1.29, 1.82) is 0 Å². The lowest BCUT2D eigenvalue weighted by atomic mass is 9.60. The Labute approximate surface area is 134 Å². The molecule has 0 spiro atoms. The maximum atomic E-state index is 2.57. The fourth-order valence-corrected chi connectivity index (χ4v) is 5.67. The van der Waals surface area contributed by atoms with Gasteiger partial charge >= 0.3 is 0 Å². The molecule has 2 aliphatic carbocycles. The van der Waals surface area contributed by atoms with Gasteiger partial charge in [0.2, 0.25) is 0 Å². The Hall–Kier alpha value is 0. The van der Waals surface area contributed by atoms with Crippen LogP contribution in [0.3, 0.4) is 0 Å². The first-order chi connectivity index (χ1) is 10.2. The van der Waals surface area contributed by atoms with E-state index in [0.717, 1.165) is 35.5 Å². The van der Waals surface area contributed by atoms with Crippen LogP contribution < -0.4 is 0 Å². The van der Waals surface area contributed by atoms with Gasteiger partial charge in [-0.05, 0) is 54.8 Å². The molecule has 0 aromatic carbocycles. The number of rotatable bonds is 6. The lowest BCUT2D eigenvalue weighted by molar-refractivity contribution is 0.0437. The van der Waals surface area contributed by atoms with Gasteiger partial charge in [-0.25, -0.2) is 0 Å². The van der Waals surface area contributed by atoms with Crippen LogP contribution in [0.5, 0.6) is 0 Å². The molecule has 2 rings (SSSR count). The van der Waals surface area contributed by atoms with Crippen LogP contribution in [-0.2, 0) is 0 Å². The van der Waals surface area contributed by atoms with Crippen molar-refractivity contribution in [1.82, 2.24) is 0 Å². The van der Waals surface area contributed by atoms with Crippen molar-refractivity contribution in [2.75, 3.05) is 0 Å². The van der Waals surface area contributed by atoms with E-state index in [1.807, 2.05) is 0 Å². The molecular formula is C21H40. The Kier molecular flexibility index (Phi) is 7.10.